The summed E-state index contributed by atoms with van der Waals surface area (Å²) in [5, 5.41) is 0.590. The molecule has 2 aliphatic rings. The highest BCUT2D eigenvalue weighted by molar-refractivity contribution is 6.30. The van der Waals surface area contributed by atoms with Crippen LogP contribution >= 0.6 is 11.6 Å². The molecule has 0 radical (unpaired) electrons. The van der Waals surface area contributed by atoms with Gasteiger partial charge >= 0.3 is 0 Å². The number of carbonyl (C=O) groups is 2. The topological polar surface area (TPSA) is 45.1 Å². The van der Waals surface area contributed by atoms with Crippen LogP contribution in [0.3, 0.4) is 0 Å². The van der Waals surface area contributed by atoms with E-state index in [0.717, 1.165) is 26.2 Å². The van der Waals surface area contributed by atoms with Crippen LogP contribution in [0.25, 0.3) is 0 Å². The normalized spacial score (nSPS) is 21.5. The summed E-state index contributed by atoms with van der Waals surface area (Å²) in [6, 6.07) is 16.9. The van der Waals surface area contributed by atoms with Gasteiger partial charge in [-0.3, -0.25) is 9.59 Å². The first kappa shape index (κ1) is 17.1. The smallest absolute Gasteiger partial charge is 0.292 e. The zero-order valence-corrected chi connectivity index (χ0v) is 15.2. The van der Waals surface area contributed by atoms with Gasteiger partial charge in [0.2, 0.25) is 5.91 Å². The van der Waals surface area contributed by atoms with Gasteiger partial charge in [0.15, 0.2) is 6.04 Å². The van der Waals surface area contributed by atoms with Crippen molar-refractivity contribution in [2.24, 2.45) is 0 Å². The van der Waals surface area contributed by atoms with Gasteiger partial charge in [0, 0.05) is 10.7 Å². The number of benzene rings is 2. The Labute approximate surface area is 157 Å². The molecule has 0 bridgehead atoms. The average Bonchev–Trinajstić information content (AvgIpc) is 2.98. The van der Waals surface area contributed by atoms with Crippen LogP contribution in [0.1, 0.15) is 6.42 Å². The molecule has 5 nitrogen and oxygen atoms in total. The van der Waals surface area contributed by atoms with Gasteiger partial charge < -0.3 is 9.80 Å². The second-order valence-electron chi connectivity index (χ2n) is 6.78. The van der Waals surface area contributed by atoms with Gasteiger partial charge in [-0.05, 0) is 36.4 Å². The highest BCUT2D eigenvalue weighted by Crippen LogP contribution is 2.24. The highest BCUT2D eigenvalue weighted by Gasteiger charge is 2.46. The minimum Gasteiger partial charge on any atom is -0.360 e. The van der Waals surface area contributed by atoms with E-state index in [9.17, 15) is 9.59 Å². The van der Waals surface area contributed by atoms with Crippen LogP contribution in [-0.2, 0) is 9.59 Å². The minimum absolute atomic E-state index is 0.0968. The molecule has 2 heterocycles. The molecule has 2 aromatic carbocycles. The fraction of sp³-hybridized carbons (Fsp3) is 0.300. The van der Waals surface area contributed by atoms with Crippen molar-refractivity contribution in [1.29, 1.82) is 0 Å². The summed E-state index contributed by atoms with van der Waals surface area (Å²) in [4.78, 5) is 30.2. The first-order valence-electron chi connectivity index (χ1n) is 8.90. The Kier molecular flexibility index (Phi) is 4.66. The third-order valence-corrected chi connectivity index (χ3v) is 5.50. The van der Waals surface area contributed by atoms with Crippen LogP contribution in [0.2, 0.25) is 5.02 Å². The van der Waals surface area contributed by atoms with Crippen molar-refractivity contribution in [3.8, 4) is 0 Å². The number of para-hydroxylation sites is 1. The number of nitrogens with one attached hydrogen (secondary N) is 1. The number of hydrogen-bond acceptors (Lipinski definition) is 3. The number of hydrogen-bond donors (Lipinski definition) is 1. The van der Waals surface area contributed by atoms with E-state index in [0.29, 0.717) is 10.7 Å². The minimum atomic E-state index is -0.281. The first-order chi connectivity index (χ1) is 12.6. The molecule has 4 rings (SSSR count). The number of amides is 2. The second-order valence-corrected chi connectivity index (χ2v) is 7.22. The fourth-order valence-electron chi connectivity index (χ4n) is 3.85. The van der Waals surface area contributed by atoms with Gasteiger partial charge in [-0.25, -0.2) is 4.90 Å². The Hall–Kier alpha value is -2.37. The van der Waals surface area contributed by atoms with E-state index >= 15 is 0 Å². The van der Waals surface area contributed by atoms with Gasteiger partial charge in [-0.15, -0.1) is 0 Å². The number of carbonyl (C=O) groups excluding carboxylic acids is 2. The summed E-state index contributed by atoms with van der Waals surface area (Å²) in [5.74, 6) is -0.221. The van der Waals surface area contributed by atoms with E-state index in [1.54, 1.807) is 24.3 Å². The van der Waals surface area contributed by atoms with Crippen molar-refractivity contribution in [3.05, 3.63) is 59.6 Å². The predicted molar refractivity (Wildman–Crippen MR) is 102 cm³/mol. The van der Waals surface area contributed by atoms with Crippen LogP contribution in [0.15, 0.2) is 54.6 Å². The Balaban J connectivity index is 1.44. The van der Waals surface area contributed by atoms with Crippen molar-refractivity contribution < 1.29 is 14.5 Å². The Morgan fingerprint density at radius 1 is 0.885 bits per heavy atom. The van der Waals surface area contributed by atoms with Crippen LogP contribution < -0.4 is 14.7 Å². The number of imide groups is 1. The predicted octanol–water partition coefficient (Wildman–Crippen LogP) is 1.38. The lowest BCUT2D eigenvalue weighted by molar-refractivity contribution is -0.915. The van der Waals surface area contributed by atoms with E-state index in [-0.39, 0.29) is 24.3 Å². The number of nitrogens with zero attached hydrogens (tertiary/aromatic N) is 2. The molecule has 26 heavy (non-hydrogen) atoms. The second kappa shape index (κ2) is 7.09. The average molecular weight is 371 g/mol. The van der Waals surface area contributed by atoms with E-state index in [2.05, 4.69) is 17.0 Å². The summed E-state index contributed by atoms with van der Waals surface area (Å²) in [6.45, 7) is 3.48. The lowest BCUT2D eigenvalue weighted by Gasteiger charge is -2.35. The van der Waals surface area contributed by atoms with Crippen molar-refractivity contribution in [1.82, 2.24) is 0 Å². The fourth-order valence-corrected chi connectivity index (χ4v) is 3.98. The van der Waals surface area contributed by atoms with Crippen LogP contribution in [0.4, 0.5) is 11.4 Å². The zero-order valence-electron chi connectivity index (χ0n) is 14.4. The molecule has 134 valence electrons. The quantitative estimate of drug-likeness (QED) is 0.830. The molecule has 2 amide bonds. The Bertz CT molecular complexity index is 802. The maximum Gasteiger partial charge on any atom is 0.292 e. The largest absolute Gasteiger partial charge is 0.360 e. The van der Waals surface area contributed by atoms with Gasteiger partial charge in [0.1, 0.15) is 0 Å². The molecule has 6 heteroatoms. The van der Waals surface area contributed by atoms with Crippen LogP contribution in [0, 0.1) is 0 Å². The molecular formula is C20H21ClN3O2+. The Morgan fingerprint density at radius 3 is 2.19 bits per heavy atom. The van der Waals surface area contributed by atoms with Gasteiger partial charge in [-0.1, -0.05) is 29.8 Å². The molecule has 2 aliphatic heterocycles. The molecular weight excluding hydrogens is 350 g/mol. The molecule has 0 unspecified atom stereocenters. The first-order valence-corrected chi connectivity index (χ1v) is 9.28. The zero-order chi connectivity index (χ0) is 18.1. The van der Waals surface area contributed by atoms with Crippen molar-refractivity contribution >= 4 is 34.8 Å². The summed E-state index contributed by atoms with van der Waals surface area (Å²) in [6.07, 6.45) is 0.280. The third-order valence-electron chi connectivity index (χ3n) is 5.25. The van der Waals surface area contributed by atoms with E-state index in [1.807, 2.05) is 18.2 Å². The number of halogens is 1. The molecule has 0 saturated carbocycles. The summed E-state index contributed by atoms with van der Waals surface area (Å²) in [5.41, 5.74) is 1.82. The molecule has 0 aliphatic carbocycles. The summed E-state index contributed by atoms with van der Waals surface area (Å²) < 4.78 is 0. The summed E-state index contributed by atoms with van der Waals surface area (Å²) >= 11 is 5.91. The van der Waals surface area contributed by atoms with Crippen molar-refractivity contribution in [3.63, 3.8) is 0 Å². The standard InChI is InChI=1S/C20H20ClN3O2/c21-15-6-8-17(9-7-15)24-19(25)14-18(20(24)26)23-12-10-22(11-13-23)16-4-2-1-3-5-16/h1-9,18H,10-14H2/p+1/t18-/m1/s1. The van der Waals surface area contributed by atoms with Crippen molar-refractivity contribution in [2.75, 3.05) is 36.0 Å². The summed E-state index contributed by atoms with van der Waals surface area (Å²) in [7, 11) is 0. The van der Waals surface area contributed by atoms with Gasteiger partial charge in [0.05, 0.1) is 38.3 Å². The number of anilines is 2. The van der Waals surface area contributed by atoms with Crippen LogP contribution in [-0.4, -0.2) is 44.0 Å². The molecule has 0 aromatic heterocycles. The lowest BCUT2D eigenvalue weighted by atomic mass is 10.1. The SMILES string of the molecule is O=C1C[C@@H]([NH+]2CCN(c3ccccc3)CC2)C(=O)N1c1ccc(Cl)cc1. The van der Waals surface area contributed by atoms with E-state index < -0.39 is 0 Å². The molecule has 2 aromatic rings. The van der Waals surface area contributed by atoms with Crippen LogP contribution in [0.5, 0.6) is 0 Å². The van der Waals surface area contributed by atoms with Gasteiger partial charge in [-0.2, -0.15) is 0 Å². The maximum atomic E-state index is 12.9. The molecule has 1 N–H and O–H groups in total. The van der Waals surface area contributed by atoms with E-state index in [4.69, 9.17) is 11.6 Å². The van der Waals surface area contributed by atoms with Gasteiger partial charge in [0.25, 0.3) is 5.91 Å². The maximum absolute atomic E-state index is 12.9. The number of piperazine rings is 1. The van der Waals surface area contributed by atoms with E-state index in [1.165, 1.54) is 15.5 Å². The Morgan fingerprint density at radius 2 is 1.54 bits per heavy atom. The number of quaternary nitrogens is 1. The highest BCUT2D eigenvalue weighted by atomic mass is 35.5. The molecule has 0 spiro atoms. The third kappa shape index (κ3) is 3.20. The molecule has 1 atom stereocenters. The number of rotatable bonds is 3. The molecule has 2 fully saturated rings. The lowest BCUT2D eigenvalue weighted by Crippen LogP contribution is -3.19. The molecule has 2 saturated heterocycles. The monoisotopic (exact) mass is 370 g/mol. The van der Waals surface area contributed by atoms with Crippen molar-refractivity contribution in [2.45, 2.75) is 12.5 Å².